The number of carbonyl (C=O) groups excluding carboxylic acids is 1. The van der Waals surface area contributed by atoms with Crippen LogP contribution in [0.2, 0.25) is 4.47 Å². The van der Waals surface area contributed by atoms with E-state index in [0.29, 0.717) is 16.6 Å². The highest BCUT2D eigenvalue weighted by molar-refractivity contribution is 7.15. The lowest BCUT2D eigenvalue weighted by Gasteiger charge is -2.16. The number of benzene rings is 2. The molecule has 6 nitrogen and oxygen atoms in total. The number of ether oxygens (including phenoxy) is 2. The van der Waals surface area contributed by atoms with Crippen LogP contribution in [-0.2, 0) is 11.3 Å². The molecule has 27 heavy (non-hydrogen) atoms. The maximum absolute atomic E-state index is 11.9. The third kappa shape index (κ3) is 4.69. The fourth-order valence-corrected chi connectivity index (χ4v) is 3.40. The van der Waals surface area contributed by atoms with Crippen molar-refractivity contribution in [2.75, 3.05) is 24.9 Å². The van der Waals surface area contributed by atoms with Crippen LogP contribution < -0.4 is 15.4 Å². The first-order valence-corrected chi connectivity index (χ1v) is 9.26. The number of hydrogen-bond donors (Lipinski definition) is 2. The SMILES string of the molecule is COC(=O)c1ccc(Nc2ccccc2OC)c(NCc2cnc(Cl)s2)c1. The Morgan fingerprint density at radius 1 is 1.15 bits per heavy atom. The Balaban J connectivity index is 1.90. The molecule has 1 aromatic heterocycles. The van der Waals surface area contributed by atoms with Crippen LogP contribution in [0.15, 0.2) is 48.7 Å². The summed E-state index contributed by atoms with van der Waals surface area (Å²) in [5, 5.41) is 6.66. The molecule has 0 unspecified atom stereocenters. The zero-order valence-electron chi connectivity index (χ0n) is 14.8. The average molecular weight is 404 g/mol. The summed E-state index contributed by atoms with van der Waals surface area (Å²) >= 11 is 7.29. The van der Waals surface area contributed by atoms with Gasteiger partial charge in [0.05, 0.1) is 43.4 Å². The summed E-state index contributed by atoms with van der Waals surface area (Å²) in [5.41, 5.74) is 2.80. The van der Waals surface area contributed by atoms with Crippen LogP contribution in [0.25, 0.3) is 0 Å². The van der Waals surface area contributed by atoms with Gasteiger partial charge in [0.25, 0.3) is 0 Å². The van der Waals surface area contributed by atoms with E-state index in [4.69, 9.17) is 21.1 Å². The molecular formula is C19H18ClN3O3S. The number of halogens is 1. The molecule has 8 heteroatoms. The van der Waals surface area contributed by atoms with Gasteiger partial charge in [0, 0.05) is 11.1 Å². The minimum absolute atomic E-state index is 0.400. The third-order valence-corrected chi connectivity index (χ3v) is 4.91. The second kappa shape index (κ2) is 8.75. The van der Waals surface area contributed by atoms with E-state index in [1.807, 2.05) is 30.3 Å². The van der Waals surface area contributed by atoms with Crippen molar-refractivity contribution in [1.82, 2.24) is 4.98 Å². The zero-order chi connectivity index (χ0) is 19.2. The normalized spacial score (nSPS) is 10.3. The largest absolute Gasteiger partial charge is 0.495 e. The van der Waals surface area contributed by atoms with E-state index in [1.165, 1.54) is 18.4 Å². The standard InChI is InChI=1S/C19H18ClN3O3S/c1-25-17-6-4-3-5-15(17)23-14-8-7-12(18(24)26-2)9-16(14)21-10-13-11-22-19(20)27-13/h3-9,11,21,23H,10H2,1-2H3. The lowest BCUT2D eigenvalue weighted by molar-refractivity contribution is 0.0601. The zero-order valence-corrected chi connectivity index (χ0v) is 16.4. The molecule has 0 fully saturated rings. The van der Waals surface area contributed by atoms with Gasteiger partial charge in [-0.3, -0.25) is 0 Å². The maximum atomic E-state index is 11.9. The van der Waals surface area contributed by atoms with Crippen LogP contribution in [0.1, 0.15) is 15.2 Å². The first kappa shape index (κ1) is 19.0. The Hall–Kier alpha value is -2.77. The number of aromatic nitrogens is 1. The minimum atomic E-state index is -0.400. The molecule has 0 amide bonds. The van der Waals surface area contributed by atoms with E-state index in [9.17, 15) is 4.79 Å². The number of methoxy groups -OCH3 is 2. The number of esters is 1. The molecule has 1 heterocycles. The number of anilines is 3. The molecule has 140 valence electrons. The molecule has 0 aliphatic heterocycles. The van der Waals surface area contributed by atoms with E-state index >= 15 is 0 Å². The molecule has 3 rings (SSSR count). The highest BCUT2D eigenvalue weighted by Crippen LogP contribution is 2.32. The highest BCUT2D eigenvalue weighted by atomic mass is 35.5. The molecule has 3 aromatic rings. The van der Waals surface area contributed by atoms with Gasteiger partial charge in [-0.15, -0.1) is 11.3 Å². The first-order valence-electron chi connectivity index (χ1n) is 8.07. The number of nitrogens with zero attached hydrogens (tertiary/aromatic N) is 1. The number of hydrogen-bond acceptors (Lipinski definition) is 7. The van der Waals surface area contributed by atoms with Crippen molar-refractivity contribution in [3.63, 3.8) is 0 Å². The number of nitrogens with one attached hydrogen (secondary N) is 2. The molecule has 0 atom stereocenters. The van der Waals surface area contributed by atoms with Gasteiger partial charge in [-0.2, -0.15) is 0 Å². The monoisotopic (exact) mass is 403 g/mol. The number of rotatable bonds is 7. The molecule has 0 aliphatic carbocycles. The Bertz CT molecular complexity index is 945. The predicted octanol–water partition coefficient (Wildman–Crippen LogP) is 4.95. The average Bonchev–Trinajstić information content (AvgIpc) is 3.12. The van der Waals surface area contributed by atoms with Crippen LogP contribution in [0.5, 0.6) is 5.75 Å². The molecule has 0 aliphatic rings. The van der Waals surface area contributed by atoms with Crippen LogP contribution in [0.3, 0.4) is 0 Å². The van der Waals surface area contributed by atoms with Gasteiger partial charge in [-0.25, -0.2) is 9.78 Å². The molecular weight excluding hydrogens is 386 g/mol. The van der Waals surface area contributed by atoms with Gasteiger partial charge >= 0.3 is 5.97 Å². The summed E-state index contributed by atoms with van der Waals surface area (Å²) in [4.78, 5) is 16.9. The second-order valence-electron chi connectivity index (χ2n) is 5.51. The van der Waals surface area contributed by atoms with Crippen LogP contribution in [-0.4, -0.2) is 25.2 Å². The summed E-state index contributed by atoms with van der Waals surface area (Å²) in [6.45, 7) is 0.523. The fraction of sp³-hybridized carbons (Fsp3) is 0.158. The van der Waals surface area contributed by atoms with Gasteiger partial charge in [-0.1, -0.05) is 23.7 Å². The van der Waals surface area contributed by atoms with E-state index in [-0.39, 0.29) is 0 Å². The van der Waals surface area contributed by atoms with Crippen molar-refractivity contribution in [2.45, 2.75) is 6.54 Å². The number of para-hydroxylation sites is 2. The highest BCUT2D eigenvalue weighted by Gasteiger charge is 2.12. The summed E-state index contributed by atoms with van der Waals surface area (Å²) in [6.07, 6.45) is 1.72. The quantitative estimate of drug-likeness (QED) is 0.544. The lowest BCUT2D eigenvalue weighted by atomic mass is 10.1. The van der Waals surface area contributed by atoms with E-state index in [0.717, 1.165) is 27.7 Å². The van der Waals surface area contributed by atoms with E-state index in [2.05, 4.69) is 15.6 Å². The van der Waals surface area contributed by atoms with Gasteiger partial charge in [-0.05, 0) is 30.3 Å². The topological polar surface area (TPSA) is 72.5 Å². The Morgan fingerprint density at radius 2 is 1.96 bits per heavy atom. The second-order valence-corrected chi connectivity index (χ2v) is 7.21. The molecule has 0 bridgehead atoms. The van der Waals surface area contributed by atoms with Gasteiger partial charge < -0.3 is 20.1 Å². The number of thiazole rings is 1. The van der Waals surface area contributed by atoms with Crippen molar-refractivity contribution < 1.29 is 14.3 Å². The van der Waals surface area contributed by atoms with Crippen molar-refractivity contribution in [2.24, 2.45) is 0 Å². The Morgan fingerprint density at radius 3 is 2.67 bits per heavy atom. The minimum Gasteiger partial charge on any atom is -0.495 e. The van der Waals surface area contributed by atoms with E-state index in [1.54, 1.807) is 25.4 Å². The van der Waals surface area contributed by atoms with Crippen molar-refractivity contribution >= 4 is 46.0 Å². The number of carbonyl (C=O) groups is 1. The van der Waals surface area contributed by atoms with Crippen LogP contribution in [0.4, 0.5) is 17.1 Å². The summed E-state index contributed by atoms with van der Waals surface area (Å²) in [6, 6.07) is 12.9. The molecule has 0 radical (unpaired) electrons. The molecule has 2 aromatic carbocycles. The molecule has 2 N–H and O–H groups in total. The van der Waals surface area contributed by atoms with Gasteiger partial charge in [0.15, 0.2) is 4.47 Å². The van der Waals surface area contributed by atoms with Crippen LogP contribution in [0, 0.1) is 0 Å². The Labute approximate surface area is 166 Å². The Kier molecular flexibility index (Phi) is 6.16. The maximum Gasteiger partial charge on any atom is 0.337 e. The summed E-state index contributed by atoms with van der Waals surface area (Å²) in [5.74, 6) is 0.317. The third-order valence-electron chi connectivity index (χ3n) is 3.80. The predicted molar refractivity (Wildman–Crippen MR) is 109 cm³/mol. The van der Waals surface area contributed by atoms with Crippen molar-refractivity contribution in [3.05, 3.63) is 63.6 Å². The van der Waals surface area contributed by atoms with Gasteiger partial charge in [0.1, 0.15) is 5.75 Å². The molecule has 0 saturated heterocycles. The lowest BCUT2D eigenvalue weighted by Crippen LogP contribution is -2.06. The smallest absolute Gasteiger partial charge is 0.337 e. The summed E-state index contributed by atoms with van der Waals surface area (Å²) < 4.78 is 10.7. The summed E-state index contributed by atoms with van der Waals surface area (Å²) in [7, 11) is 2.98. The molecule has 0 spiro atoms. The van der Waals surface area contributed by atoms with E-state index < -0.39 is 5.97 Å². The van der Waals surface area contributed by atoms with Crippen LogP contribution >= 0.6 is 22.9 Å². The van der Waals surface area contributed by atoms with Crippen molar-refractivity contribution in [1.29, 1.82) is 0 Å². The molecule has 0 saturated carbocycles. The first-order chi connectivity index (χ1) is 13.1. The van der Waals surface area contributed by atoms with Crippen molar-refractivity contribution in [3.8, 4) is 5.75 Å². The van der Waals surface area contributed by atoms with Gasteiger partial charge in [0.2, 0.25) is 0 Å². The fourth-order valence-electron chi connectivity index (χ4n) is 2.49.